The van der Waals surface area contributed by atoms with Crippen LogP contribution in [-0.2, 0) is 31.0 Å². The minimum atomic E-state index is -3.92. The van der Waals surface area contributed by atoms with Crippen LogP contribution in [0, 0.1) is 0 Å². The molecule has 1 N–H and O–H groups in total. The summed E-state index contributed by atoms with van der Waals surface area (Å²) in [5.74, 6) is -0.451. The number of thiazole rings is 1. The van der Waals surface area contributed by atoms with Crippen molar-refractivity contribution in [3.8, 4) is 5.75 Å². The van der Waals surface area contributed by atoms with Crippen molar-refractivity contribution in [1.82, 2.24) is 9.71 Å². The Morgan fingerprint density at radius 2 is 1.79 bits per heavy atom. The number of carbonyl (C=O) groups is 2. The Balaban J connectivity index is 1.61. The number of rotatable bonds is 9. The molecule has 0 aliphatic heterocycles. The first-order chi connectivity index (χ1) is 15.7. The van der Waals surface area contributed by atoms with E-state index in [1.807, 2.05) is 18.2 Å². The summed E-state index contributed by atoms with van der Waals surface area (Å²) < 4.78 is 37.5. The van der Waals surface area contributed by atoms with Gasteiger partial charge in [-0.1, -0.05) is 18.2 Å². The van der Waals surface area contributed by atoms with Gasteiger partial charge in [-0.3, -0.25) is 14.5 Å². The van der Waals surface area contributed by atoms with Crippen LogP contribution in [0.4, 0.5) is 10.8 Å². The van der Waals surface area contributed by atoms with E-state index in [9.17, 15) is 18.0 Å². The van der Waals surface area contributed by atoms with Crippen molar-refractivity contribution in [3.63, 3.8) is 0 Å². The Hall–Kier alpha value is -3.28. The second-order valence-electron chi connectivity index (χ2n) is 6.94. The van der Waals surface area contributed by atoms with Gasteiger partial charge in [0.1, 0.15) is 18.4 Å². The number of para-hydroxylation sites is 1. The normalized spacial score (nSPS) is 12.1. The van der Waals surface area contributed by atoms with Crippen LogP contribution in [0.2, 0.25) is 0 Å². The molecule has 1 unspecified atom stereocenters. The second-order valence-corrected chi connectivity index (χ2v) is 9.49. The molecular formula is C22H23N3O6S2. The third kappa shape index (κ3) is 6.15. The third-order valence-electron chi connectivity index (χ3n) is 4.48. The van der Waals surface area contributed by atoms with Gasteiger partial charge in [-0.05, 0) is 43.3 Å². The summed E-state index contributed by atoms with van der Waals surface area (Å²) in [5.41, 5.74) is 1.11. The third-order valence-corrected chi connectivity index (χ3v) is 6.91. The molecule has 0 aliphatic carbocycles. The highest BCUT2D eigenvalue weighted by Gasteiger charge is 2.24. The second kappa shape index (κ2) is 10.6. The molecule has 1 aromatic heterocycles. The Bertz CT molecular complexity index is 1210. The van der Waals surface area contributed by atoms with Gasteiger partial charge >= 0.3 is 5.97 Å². The lowest BCUT2D eigenvalue weighted by molar-refractivity contribution is -0.146. The van der Waals surface area contributed by atoms with Gasteiger partial charge in [-0.25, -0.2) is 13.4 Å². The van der Waals surface area contributed by atoms with Crippen molar-refractivity contribution < 1.29 is 27.5 Å². The lowest BCUT2D eigenvalue weighted by Crippen LogP contribution is -2.39. The van der Waals surface area contributed by atoms with Gasteiger partial charge in [-0.15, -0.1) is 11.3 Å². The molecule has 0 saturated heterocycles. The van der Waals surface area contributed by atoms with Crippen molar-refractivity contribution in [1.29, 1.82) is 0 Å². The van der Waals surface area contributed by atoms with Crippen LogP contribution in [0.1, 0.15) is 19.5 Å². The van der Waals surface area contributed by atoms with Crippen molar-refractivity contribution >= 4 is 44.1 Å². The zero-order valence-corrected chi connectivity index (χ0v) is 19.9. The van der Waals surface area contributed by atoms with Gasteiger partial charge in [-0.2, -0.15) is 4.72 Å². The molecule has 2 aromatic carbocycles. The average molecular weight is 490 g/mol. The summed E-state index contributed by atoms with van der Waals surface area (Å²) in [5, 5.41) is 2.11. The molecule has 1 heterocycles. The number of nitrogens with zero attached hydrogens (tertiary/aromatic N) is 2. The molecule has 3 rings (SSSR count). The molecule has 9 nitrogen and oxygen atoms in total. The number of aromatic nitrogens is 1. The zero-order chi connectivity index (χ0) is 24.0. The fraction of sp³-hybridized carbons (Fsp3) is 0.227. The van der Waals surface area contributed by atoms with E-state index in [4.69, 9.17) is 9.47 Å². The minimum Gasteiger partial charge on any atom is -0.497 e. The summed E-state index contributed by atoms with van der Waals surface area (Å²) in [7, 11) is -2.45. The molecule has 0 bridgehead atoms. The topological polar surface area (TPSA) is 115 Å². The van der Waals surface area contributed by atoms with Crippen LogP contribution in [0.15, 0.2) is 64.9 Å². The van der Waals surface area contributed by atoms with Gasteiger partial charge < -0.3 is 9.47 Å². The first kappa shape index (κ1) is 24.4. The fourth-order valence-electron chi connectivity index (χ4n) is 2.84. The van der Waals surface area contributed by atoms with Gasteiger partial charge in [0.25, 0.3) is 0 Å². The van der Waals surface area contributed by atoms with Gasteiger partial charge in [0.15, 0.2) is 5.13 Å². The number of methoxy groups -OCH3 is 1. The Morgan fingerprint density at radius 3 is 2.39 bits per heavy atom. The SMILES string of the molecule is COc1ccc(S(=O)(=O)NC(C)C(=O)OCc2csc(N(C(C)=O)c3ccccc3)n2)cc1. The van der Waals surface area contributed by atoms with Gasteiger partial charge in [0.2, 0.25) is 15.9 Å². The largest absolute Gasteiger partial charge is 0.497 e. The number of hydrogen-bond acceptors (Lipinski definition) is 8. The van der Waals surface area contributed by atoms with Crippen molar-refractivity contribution in [2.24, 2.45) is 0 Å². The Labute approximate surface area is 196 Å². The number of benzene rings is 2. The lowest BCUT2D eigenvalue weighted by atomic mass is 10.3. The van der Waals surface area contributed by atoms with E-state index >= 15 is 0 Å². The molecule has 1 atom stereocenters. The summed E-state index contributed by atoms with van der Waals surface area (Å²) >= 11 is 1.23. The summed E-state index contributed by atoms with van der Waals surface area (Å²) in [4.78, 5) is 30.3. The first-order valence-corrected chi connectivity index (χ1v) is 12.2. The fourth-order valence-corrected chi connectivity index (χ4v) is 4.91. The van der Waals surface area contributed by atoms with E-state index in [0.717, 1.165) is 0 Å². The van der Waals surface area contributed by atoms with Crippen LogP contribution in [0.25, 0.3) is 0 Å². The molecule has 3 aromatic rings. The van der Waals surface area contributed by atoms with E-state index in [1.165, 1.54) is 61.5 Å². The Morgan fingerprint density at radius 1 is 1.12 bits per heavy atom. The van der Waals surface area contributed by atoms with Crippen LogP contribution >= 0.6 is 11.3 Å². The molecule has 11 heteroatoms. The molecule has 0 radical (unpaired) electrons. The number of anilines is 2. The lowest BCUT2D eigenvalue weighted by Gasteiger charge is -2.17. The number of esters is 1. The number of hydrogen-bond donors (Lipinski definition) is 1. The predicted octanol–water partition coefficient (Wildman–Crippen LogP) is 3.25. The maximum atomic E-state index is 12.5. The van der Waals surface area contributed by atoms with E-state index in [-0.39, 0.29) is 17.4 Å². The zero-order valence-electron chi connectivity index (χ0n) is 18.2. The number of amides is 1. The highest BCUT2D eigenvalue weighted by Crippen LogP contribution is 2.29. The minimum absolute atomic E-state index is 0.00247. The maximum Gasteiger partial charge on any atom is 0.324 e. The van der Waals surface area contributed by atoms with Crippen molar-refractivity contribution in [3.05, 3.63) is 65.7 Å². The highest BCUT2D eigenvalue weighted by molar-refractivity contribution is 7.89. The van der Waals surface area contributed by atoms with Crippen LogP contribution in [-0.4, -0.2) is 38.4 Å². The predicted molar refractivity (Wildman–Crippen MR) is 124 cm³/mol. The van der Waals surface area contributed by atoms with Crippen LogP contribution < -0.4 is 14.4 Å². The van der Waals surface area contributed by atoms with Crippen LogP contribution in [0.5, 0.6) is 5.75 Å². The van der Waals surface area contributed by atoms with Gasteiger partial charge in [0.05, 0.1) is 23.4 Å². The molecule has 0 saturated carbocycles. The molecular weight excluding hydrogens is 466 g/mol. The van der Waals surface area contributed by atoms with E-state index in [0.29, 0.717) is 22.3 Å². The summed E-state index contributed by atoms with van der Waals surface area (Å²) in [6, 6.07) is 13.7. The number of carbonyl (C=O) groups excluding carboxylic acids is 2. The quantitative estimate of drug-likeness (QED) is 0.459. The van der Waals surface area contributed by atoms with Crippen molar-refractivity contribution in [2.45, 2.75) is 31.4 Å². The highest BCUT2D eigenvalue weighted by atomic mass is 32.2. The molecule has 0 fully saturated rings. The molecule has 0 spiro atoms. The standard InChI is InChI=1S/C22H23N3O6S2/c1-15(24-33(28,29)20-11-9-19(30-3)10-12-20)21(27)31-13-17-14-32-22(23-17)25(16(2)26)18-7-5-4-6-8-18/h4-12,14-15,24H,13H2,1-3H3. The average Bonchev–Trinajstić information content (AvgIpc) is 3.26. The first-order valence-electron chi connectivity index (χ1n) is 9.84. The van der Waals surface area contributed by atoms with Gasteiger partial charge in [0, 0.05) is 12.3 Å². The van der Waals surface area contributed by atoms with E-state index in [1.54, 1.807) is 17.5 Å². The number of nitrogens with one attached hydrogen (secondary N) is 1. The van der Waals surface area contributed by atoms with E-state index in [2.05, 4.69) is 9.71 Å². The monoisotopic (exact) mass is 489 g/mol. The van der Waals surface area contributed by atoms with Crippen LogP contribution in [0.3, 0.4) is 0 Å². The maximum absolute atomic E-state index is 12.5. The molecule has 174 valence electrons. The summed E-state index contributed by atoms with van der Waals surface area (Å²) in [6.07, 6.45) is 0. The van der Waals surface area contributed by atoms with E-state index < -0.39 is 22.0 Å². The molecule has 0 aliphatic rings. The Kier molecular flexibility index (Phi) is 7.79. The molecule has 33 heavy (non-hydrogen) atoms. The molecule has 1 amide bonds. The number of ether oxygens (including phenoxy) is 2. The van der Waals surface area contributed by atoms with Crippen molar-refractivity contribution in [2.75, 3.05) is 12.0 Å². The smallest absolute Gasteiger partial charge is 0.324 e. The summed E-state index contributed by atoms with van der Waals surface area (Å²) in [6.45, 7) is 2.66. The number of sulfonamides is 1.